The molecule has 0 saturated carbocycles. The van der Waals surface area contributed by atoms with Gasteiger partial charge in [0, 0.05) is 12.5 Å². The molecule has 1 unspecified atom stereocenters. The van der Waals surface area contributed by atoms with E-state index in [0.717, 1.165) is 16.9 Å². The Morgan fingerprint density at radius 3 is 3.00 bits per heavy atom. The van der Waals surface area contributed by atoms with E-state index in [4.69, 9.17) is 16.3 Å². The fourth-order valence-electron chi connectivity index (χ4n) is 1.52. The van der Waals surface area contributed by atoms with Crippen LogP contribution in [0.15, 0.2) is 6.07 Å². The van der Waals surface area contributed by atoms with Gasteiger partial charge in [-0.3, -0.25) is 4.79 Å². The summed E-state index contributed by atoms with van der Waals surface area (Å²) in [6, 6.07) is 1.87. The molecule has 0 amide bonds. The summed E-state index contributed by atoms with van der Waals surface area (Å²) >= 11 is 7.28. The Hall–Kier alpha value is -0.380. The summed E-state index contributed by atoms with van der Waals surface area (Å²) in [4.78, 5) is 12.7. The summed E-state index contributed by atoms with van der Waals surface area (Å²) in [6.07, 6.45) is 0.841. The minimum absolute atomic E-state index is 0.0455. The van der Waals surface area contributed by atoms with Crippen LogP contribution in [-0.4, -0.2) is 19.0 Å². The smallest absolute Gasteiger partial charge is 0.178 e. The van der Waals surface area contributed by atoms with Gasteiger partial charge in [-0.2, -0.15) is 0 Å². The van der Waals surface area contributed by atoms with Crippen molar-refractivity contribution in [1.29, 1.82) is 0 Å². The number of thiophene rings is 1. The second-order valence-electron chi connectivity index (χ2n) is 3.49. The van der Waals surface area contributed by atoms with Gasteiger partial charge in [0.05, 0.1) is 15.8 Å². The zero-order chi connectivity index (χ0) is 10.1. The highest BCUT2D eigenvalue weighted by Gasteiger charge is 2.26. The van der Waals surface area contributed by atoms with Gasteiger partial charge in [0.25, 0.3) is 0 Å². The van der Waals surface area contributed by atoms with Crippen LogP contribution >= 0.6 is 22.9 Å². The van der Waals surface area contributed by atoms with E-state index in [-0.39, 0.29) is 11.7 Å². The molecule has 0 aliphatic carbocycles. The van der Waals surface area contributed by atoms with Gasteiger partial charge in [0.2, 0.25) is 0 Å². The number of hydrogen-bond donors (Lipinski definition) is 0. The molecule has 1 aromatic rings. The lowest BCUT2D eigenvalue weighted by Crippen LogP contribution is -2.12. The van der Waals surface area contributed by atoms with Crippen molar-refractivity contribution >= 4 is 28.7 Å². The molecule has 0 N–H and O–H groups in total. The number of ketones is 1. The molecule has 1 aromatic heterocycles. The predicted octanol–water partition coefficient (Wildman–Crippen LogP) is 2.93. The lowest BCUT2D eigenvalue weighted by Gasteiger charge is -2.02. The Morgan fingerprint density at radius 1 is 1.71 bits per heavy atom. The highest BCUT2D eigenvalue weighted by Crippen LogP contribution is 2.30. The van der Waals surface area contributed by atoms with Crippen molar-refractivity contribution < 1.29 is 9.53 Å². The van der Waals surface area contributed by atoms with Crippen LogP contribution < -0.4 is 0 Å². The molecular formula is C10H11ClO2S. The van der Waals surface area contributed by atoms with Gasteiger partial charge in [0.15, 0.2) is 5.78 Å². The van der Waals surface area contributed by atoms with Gasteiger partial charge >= 0.3 is 0 Å². The molecule has 1 saturated heterocycles. The molecule has 1 aliphatic heterocycles. The van der Waals surface area contributed by atoms with Crippen molar-refractivity contribution in [2.24, 2.45) is 5.92 Å². The molecular weight excluding hydrogens is 220 g/mol. The first kappa shape index (κ1) is 10.1. The number of aryl methyl sites for hydroxylation is 1. The van der Waals surface area contributed by atoms with E-state index in [9.17, 15) is 4.79 Å². The third kappa shape index (κ3) is 1.85. The van der Waals surface area contributed by atoms with E-state index in [2.05, 4.69) is 0 Å². The first-order valence-corrected chi connectivity index (χ1v) is 5.76. The Kier molecular flexibility index (Phi) is 2.91. The molecule has 0 radical (unpaired) electrons. The lowest BCUT2D eigenvalue weighted by molar-refractivity contribution is 0.0904. The van der Waals surface area contributed by atoms with E-state index >= 15 is 0 Å². The van der Waals surface area contributed by atoms with E-state index < -0.39 is 0 Å². The van der Waals surface area contributed by atoms with Crippen LogP contribution in [0.25, 0.3) is 0 Å². The number of halogens is 1. The van der Waals surface area contributed by atoms with Crippen molar-refractivity contribution in [3.8, 4) is 0 Å². The van der Waals surface area contributed by atoms with Crippen molar-refractivity contribution in [2.75, 3.05) is 13.2 Å². The normalized spacial score (nSPS) is 21.4. The molecule has 4 heteroatoms. The predicted molar refractivity (Wildman–Crippen MR) is 57.3 cm³/mol. The van der Waals surface area contributed by atoms with Gasteiger partial charge in [-0.1, -0.05) is 11.6 Å². The molecule has 2 heterocycles. The monoisotopic (exact) mass is 230 g/mol. The maximum atomic E-state index is 11.9. The summed E-state index contributed by atoms with van der Waals surface area (Å²) < 4.78 is 5.90. The van der Waals surface area contributed by atoms with Gasteiger partial charge < -0.3 is 4.74 Å². The number of ether oxygens (including phenoxy) is 1. The Bertz CT molecular complexity index is 334. The minimum Gasteiger partial charge on any atom is -0.381 e. The van der Waals surface area contributed by atoms with Crippen LogP contribution in [0.3, 0.4) is 0 Å². The number of carbonyl (C=O) groups is 1. The molecule has 1 fully saturated rings. The third-order valence-electron chi connectivity index (χ3n) is 2.40. The number of hydrogen-bond acceptors (Lipinski definition) is 3. The average molecular weight is 231 g/mol. The zero-order valence-electron chi connectivity index (χ0n) is 7.88. The molecule has 2 rings (SSSR count). The van der Waals surface area contributed by atoms with Crippen LogP contribution in [0.1, 0.15) is 21.7 Å². The maximum absolute atomic E-state index is 11.9. The minimum atomic E-state index is 0.0455. The summed E-state index contributed by atoms with van der Waals surface area (Å²) in [5.74, 6) is 0.228. The van der Waals surface area contributed by atoms with Gasteiger partial charge in [-0.15, -0.1) is 11.3 Å². The fourth-order valence-corrected chi connectivity index (χ4v) is 2.74. The maximum Gasteiger partial charge on any atom is 0.178 e. The molecule has 1 aliphatic rings. The van der Waals surface area contributed by atoms with E-state index in [1.807, 2.05) is 13.0 Å². The molecule has 2 nitrogen and oxygen atoms in total. The molecule has 0 aromatic carbocycles. The van der Waals surface area contributed by atoms with Crippen LogP contribution in [-0.2, 0) is 4.74 Å². The largest absolute Gasteiger partial charge is 0.381 e. The van der Waals surface area contributed by atoms with E-state index in [0.29, 0.717) is 17.6 Å². The molecule has 0 bridgehead atoms. The fraction of sp³-hybridized carbons (Fsp3) is 0.500. The molecule has 0 spiro atoms. The van der Waals surface area contributed by atoms with Crippen LogP contribution in [0.5, 0.6) is 0 Å². The second-order valence-corrected chi connectivity index (χ2v) is 5.15. The van der Waals surface area contributed by atoms with E-state index in [1.54, 1.807) is 0 Å². The van der Waals surface area contributed by atoms with Gasteiger partial charge in [0.1, 0.15) is 0 Å². The topological polar surface area (TPSA) is 26.3 Å². The Labute approximate surface area is 91.8 Å². The van der Waals surface area contributed by atoms with Crippen molar-refractivity contribution in [1.82, 2.24) is 0 Å². The number of rotatable bonds is 2. The van der Waals surface area contributed by atoms with Crippen molar-refractivity contribution in [3.63, 3.8) is 0 Å². The first-order valence-electron chi connectivity index (χ1n) is 4.56. The summed E-state index contributed by atoms with van der Waals surface area (Å²) in [7, 11) is 0. The van der Waals surface area contributed by atoms with E-state index in [1.165, 1.54) is 11.3 Å². The Morgan fingerprint density at radius 2 is 2.50 bits per heavy atom. The molecule has 14 heavy (non-hydrogen) atoms. The third-order valence-corrected chi connectivity index (χ3v) is 3.97. The Balaban J connectivity index is 2.18. The van der Waals surface area contributed by atoms with Crippen LogP contribution in [0.4, 0.5) is 0 Å². The van der Waals surface area contributed by atoms with Gasteiger partial charge in [-0.25, -0.2) is 0 Å². The average Bonchev–Trinajstić information content (AvgIpc) is 2.76. The zero-order valence-corrected chi connectivity index (χ0v) is 9.45. The van der Waals surface area contributed by atoms with Crippen molar-refractivity contribution in [2.45, 2.75) is 13.3 Å². The van der Waals surface area contributed by atoms with Crippen LogP contribution in [0.2, 0.25) is 4.34 Å². The highest BCUT2D eigenvalue weighted by molar-refractivity contribution is 7.18. The van der Waals surface area contributed by atoms with Crippen LogP contribution in [0, 0.1) is 12.8 Å². The first-order chi connectivity index (χ1) is 6.68. The standard InChI is InChI=1S/C10H11ClO2S/c1-6-4-8(14-10(6)11)9(12)7-2-3-13-5-7/h4,7H,2-3,5H2,1H3. The quantitative estimate of drug-likeness (QED) is 0.731. The SMILES string of the molecule is Cc1cc(C(=O)C2CCOC2)sc1Cl. The van der Waals surface area contributed by atoms with Gasteiger partial charge in [-0.05, 0) is 25.0 Å². The molecule has 76 valence electrons. The highest BCUT2D eigenvalue weighted by atomic mass is 35.5. The summed E-state index contributed by atoms with van der Waals surface area (Å²) in [5.41, 5.74) is 0.985. The second kappa shape index (κ2) is 4.01. The summed E-state index contributed by atoms with van der Waals surface area (Å²) in [6.45, 7) is 3.18. The lowest BCUT2D eigenvalue weighted by atomic mass is 10.0. The number of Topliss-reactive ketones (excluding diaryl/α,β-unsaturated/α-hetero) is 1. The number of carbonyl (C=O) groups excluding carboxylic acids is 1. The summed E-state index contributed by atoms with van der Waals surface area (Å²) in [5, 5.41) is 0. The van der Waals surface area contributed by atoms with Crippen molar-refractivity contribution in [3.05, 3.63) is 20.8 Å². The molecule has 1 atom stereocenters.